The van der Waals surface area contributed by atoms with Crippen molar-refractivity contribution in [2.24, 2.45) is 0 Å². The Morgan fingerprint density at radius 1 is 1.39 bits per heavy atom. The van der Waals surface area contributed by atoms with Crippen LogP contribution in [0.4, 0.5) is 5.69 Å². The van der Waals surface area contributed by atoms with E-state index in [-0.39, 0.29) is 5.41 Å². The third kappa shape index (κ3) is 1.68. The molecule has 3 nitrogen and oxygen atoms in total. The fraction of sp³-hybridized carbons (Fsp3) is 0.357. The maximum absolute atomic E-state index is 11.0. The van der Waals surface area contributed by atoms with E-state index in [0.717, 1.165) is 28.7 Å². The molecule has 0 spiro atoms. The van der Waals surface area contributed by atoms with Crippen molar-refractivity contribution in [3.8, 4) is 0 Å². The minimum Gasteiger partial charge on any atom is -0.477 e. The fourth-order valence-electron chi connectivity index (χ4n) is 2.54. The zero-order chi connectivity index (χ0) is 12.9. The molecule has 3 rings (SSSR count). The molecule has 2 aromatic rings. The second-order valence-corrected chi connectivity index (χ2v) is 6.50. The molecule has 0 bridgehead atoms. The van der Waals surface area contributed by atoms with Crippen LogP contribution in [0.5, 0.6) is 0 Å². The van der Waals surface area contributed by atoms with Gasteiger partial charge in [0.15, 0.2) is 0 Å². The number of nitrogens with one attached hydrogen (secondary N) is 1. The number of carbonyl (C=O) groups is 1. The van der Waals surface area contributed by atoms with E-state index in [0.29, 0.717) is 4.88 Å². The van der Waals surface area contributed by atoms with Crippen LogP contribution in [0.3, 0.4) is 0 Å². The van der Waals surface area contributed by atoms with Crippen molar-refractivity contribution >= 4 is 33.1 Å². The SMILES string of the molecule is CC1(C)CCNc2cc3cc(C(=O)O)sc3cc21. The van der Waals surface area contributed by atoms with Gasteiger partial charge >= 0.3 is 5.97 Å². The Hall–Kier alpha value is -1.55. The highest BCUT2D eigenvalue weighted by molar-refractivity contribution is 7.20. The average Bonchev–Trinajstić information content (AvgIpc) is 2.69. The molecule has 4 heteroatoms. The van der Waals surface area contributed by atoms with Crippen LogP contribution in [0.1, 0.15) is 35.5 Å². The highest BCUT2D eigenvalue weighted by Gasteiger charge is 2.28. The standard InChI is InChI=1S/C14H15NO2S/c1-14(2)3-4-15-10-5-8-6-12(13(16)17)18-11(8)7-9(10)14/h5-7,15H,3-4H2,1-2H3,(H,16,17). The summed E-state index contributed by atoms with van der Waals surface area (Å²) in [6.45, 7) is 5.45. The molecule has 1 aromatic heterocycles. The molecule has 2 N–H and O–H groups in total. The number of benzene rings is 1. The molecule has 0 amide bonds. The van der Waals surface area contributed by atoms with Gasteiger partial charge in [-0.3, -0.25) is 0 Å². The van der Waals surface area contributed by atoms with Crippen molar-refractivity contribution in [1.82, 2.24) is 0 Å². The van der Waals surface area contributed by atoms with Gasteiger partial charge in [-0.1, -0.05) is 13.8 Å². The van der Waals surface area contributed by atoms with E-state index in [4.69, 9.17) is 5.11 Å². The summed E-state index contributed by atoms with van der Waals surface area (Å²) in [6.07, 6.45) is 1.10. The maximum Gasteiger partial charge on any atom is 0.345 e. The smallest absolute Gasteiger partial charge is 0.345 e. The number of aromatic carboxylic acids is 1. The van der Waals surface area contributed by atoms with Gasteiger partial charge in [0.2, 0.25) is 0 Å². The predicted octanol–water partition coefficient (Wildman–Crippen LogP) is 3.69. The molecule has 0 aliphatic carbocycles. The first-order valence-electron chi connectivity index (χ1n) is 6.03. The molecular formula is C14H15NO2S. The van der Waals surface area contributed by atoms with E-state index in [1.54, 1.807) is 6.07 Å². The number of carboxylic acids is 1. The molecular weight excluding hydrogens is 246 g/mol. The molecule has 0 saturated carbocycles. The molecule has 0 radical (unpaired) electrons. The maximum atomic E-state index is 11.0. The van der Waals surface area contributed by atoms with Crippen LogP contribution in [-0.2, 0) is 5.41 Å². The molecule has 1 aliphatic heterocycles. The van der Waals surface area contributed by atoms with Gasteiger partial charge in [0.25, 0.3) is 0 Å². The molecule has 18 heavy (non-hydrogen) atoms. The Morgan fingerprint density at radius 2 is 2.17 bits per heavy atom. The van der Waals surface area contributed by atoms with Crippen LogP contribution < -0.4 is 5.32 Å². The summed E-state index contributed by atoms with van der Waals surface area (Å²) in [4.78, 5) is 11.4. The van der Waals surface area contributed by atoms with E-state index in [1.807, 2.05) is 0 Å². The van der Waals surface area contributed by atoms with Gasteiger partial charge in [0.1, 0.15) is 4.88 Å². The molecule has 94 valence electrons. The third-order valence-electron chi connectivity index (χ3n) is 3.66. The monoisotopic (exact) mass is 261 g/mol. The first-order valence-corrected chi connectivity index (χ1v) is 6.84. The molecule has 1 aromatic carbocycles. The molecule has 0 unspecified atom stereocenters. The Bertz CT molecular complexity index is 643. The van der Waals surface area contributed by atoms with Crippen LogP contribution >= 0.6 is 11.3 Å². The summed E-state index contributed by atoms with van der Waals surface area (Å²) in [5.41, 5.74) is 2.59. The van der Waals surface area contributed by atoms with Gasteiger partial charge in [-0.15, -0.1) is 11.3 Å². The van der Waals surface area contributed by atoms with Crippen molar-refractivity contribution in [2.45, 2.75) is 25.7 Å². The summed E-state index contributed by atoms with van der Waals surface area (Å²) < 4.78 is 1.06. The number of rotatable bonds is 1. The molecule has 0 atom stereocenters. The van der Waals surface area contributed by atoms with Crippen LogP contribution in [0.25, 0.3) is 10.1 Å². The highest BCUT2D eigenvalue weighted by atomic mass is 32.1. The molecule has 0 fully saturated rings. The van der Waals surface area contributed by atoms with Crippen LogP contribution in [-0.4, -0.2) is 17.6 Å². The average molecular weight is 261 g/mol. The number of hydrogen-bond donors (Lipinski definition) is 2. The Kier molecular flexibility index (Phi) is 2.38. The topological polar surface area (TPSA) is 49.3 Å². The predicted molar refractivity (Wildman–Crippen MR) is 74.9 cm³/mol. The van der Waals surface area contributed by atoms with Gasteiger partial charge in [0.05, 0.1) is 0 Å². The summed E-state index contributed by atoms with van der Waals surface area (Å²) in [5.74, 6) is -0.846. The lowest BCUT2D eigenvalue weighted by atomic mass is 9.78. The van der Waals surface area contributed by atoms with Crippen LogP contribution in [0.15, 0.2) is 18.2 Å². The lowest BCUT2D eigenvalue weighted by Crippen LogP contribution is -2.28. The van der Waals surface area contributed by atoms with Crippen molar-refractivity contribution in [3.63, 3.8) is 0 Å². The number of anilines is 1. The summed E-state index contributed by atoms with van der Waals surface area (Å²) in [6, 6.07) is 5.98. The highest BCUT2D eigenvalue weighted by Crippen LogP contribution is 2.40. The number of carboxylic acid groups (broad SMARTS) is 1. The van der Waals surface area contributed by atoms with Crippen LogP contribution in [0, 0.1) is 0 Å². The van der Waals surface area contributed by atoms with E-state index < -0.39 is 5.97 Å². The Balaban J connectivity index is 2.23. The van der Waals surface area contributed by atoms with Gasteiger partial charge in [-0.2, -0.15) is 0 Å². The summed E-state index contributed by atoms with van der Waals surface area (Å²) >= 11 is 1.35. The second kappa shape index (κ2) is 3.72. The van der Waals surface area contributed by atoms with E-state index in [9.17, 15) is 4.79 Å². The number of thiophene rings is 1. The lowest BCUT2D eigenvalue weighted by molar-refractivity contribution is 0.0702. The van der Waals surface area contributed by atoms with Crippen LogP contribution in [0.2, 0.25) is 0 Å². The molecule has 0 saturated heterocycles. The zero-order valence-electron chi connectivity index (χ0n) is 10.4. The first kappa shape index (κ1) is 11.5. The van der Waals surface area contributed by atoms with E-state index in [1.165, 1.54) is 16.9 Å². The molecule has 1 aliphatic rings. The van der Waals surface area contributed by atoms with Gasteiger partial charge in [-0.05, 0) is 41.0 Å². The first-order chi connectivity index (χ1) is 8.47. The Morgan fingerprint density at radius 3 is 2.89 bits per heavy atom. The zero-order valence-corrected chi connectivity index (χ0v) is 11.2. The van der Waals surface area contributed by atoms with Crippen molar-refractivity contribution in [2.75, 3.05) is 11.9 Å². The van der Waals surface area contributed by atoms with Gasteiger partial charge in [-0.25, -0.2) is 4.79 Å². The van der Waals surface area contributed by atoms with E-state index >= 15 is 0 Å². The summed E-state index contributed by atoms with van der Waals surface area (Å²) in [5, 5.41) is 13.5. The van der Waals surface area contributed by atoms with Gasteiger partial charge in [0, 0.05) is 16.9 Å². The van der Waals surface area contributed by atoms with Crippen molar-refractivity contribution < 1.29 is 9.90 Å². The largest absolute Gasteiger partial charge is 0.477 e. The number of fused-ring (bicyclic) bond motifs is 2. The molecule has 2 heterocycles. The van der Waals surface area contributed by atoms with E-state index in [2.05, 4.69) is 31.3 Å². The second-order valence-electron chi connectivity index (χ2n) is 5.41. The third-order valence-corrected chi connectivity index (χ3v) is 4.75. The van der Waals surface area contributed by atoms with Crippen molar-refractivity contribution in [3.05, 3.63) is 28.6 Å². The van der Waals surface area contributed by atoms with Crippen molar-refractivity contribution in [1.29, 1.82) is 0 Å². The minimum atomic E-state index is -0.846. The Labute approximate surface area is 109 Å². The normalized spacial score (nSPS) is 17.2. The lowest BCUT2D eigenvalue weighted by Gasteiger charge is -2.33. The van der Waals surface area contributed by atoms with Gasteiger partial charge < -0.3 is 10.4 Å². The quantitative estimate of drug-likeness (QED) is 0.823. The fourth-order valence-corrected chi connectivity index (χ4v) is 3.47. The number of hydrogen-bond acceptors (Lipinski definition) is 3. The minimum absolute atomic E-state index is 0.155. The summed E-state index contributed by atoms with van der Waals surface area (Å²) in [7, 11) is 0.